The van der Waals surface area contributed by atoms with Gasteiger partial charge in [0.25, 0.3) is 5.91 Å². The molecule has 1 aliphatic rings. The summed E-state index contributed by atoms with van der Waals surface area (Å²) in [6.07, 6.45) is 4.88. The molecular formula is C21H25FN2O3S. The number of aryl methyl sites for hydroxylation is 1. The normalized spacial score (nSPS) is 15.4. The number of amides is 1. The zero-order valence-electron chi connectivity index (χ0n) is 15.9. The summed E-state index contributed by atoms with van der Waals surface area (Å²) < 4.78 is 41.2. The van der Waals surface area contributed by atoms with Crippen LogP contribution in [0.4, 0.5) is 4.39 Å². The van der Waals surface area contributed by atoms with Gasteiger partial charge in [0.15, 0.2) is 0 Å². The first-order chi connectivity index (χ1) is 13.3. The van der Waals surface area contributed by atoms with Crippen molar-refractivity contribution in [3.05, 3.63) is 65.0 Å². The van der Waals surface area contributed by atoms with Crippen LogP contribution in [0, 0.1) is 12.7 Å². The highest BCUT2D eigenvalue weighted by Crippen LogP contribution is 2.21. The first-order valence-corrected chi connectivity index (χ1v) is 11.0. The van der Waals surface area contributed by atoms with Crippen LogP contribution in [0.3, 0.4) is 0 Å². The third-order valence-corrected chi connectivity index (χ3v) is 6.58. The molecule has 1 saturated carbocycles. The number of benzene rings is 2. The van der Waals surface area contributed by atoms with E-state index >= 15 is 0 Å². The van der Waals surface area contributed by atoms with Crippen LogP contribution in [-0.2, 0) is 16.6 Å². The lowest BCUT2D eigenvalue weighted by Crippen LogP contribution is -2.36. The Bertz CT molecular complexity index is 937. The Morgan fingerprint density at radius 1 is 1.07 bits per heavy atom. The molecule has 28 heavy (non-hydrogen) atoms. The molecule has 0 atom stereocenters. The first-order valence-electron chi connectivity index (χ1n) is 9.51. The molecule has 0 heterocycles. The third kappa shape index (κ3) is 5.17. The van der Waals surface area contributed by atoms with Crippen molar-refractivity contribution in [2.75, 3.05) is 0 Å². The van der Waals surface area contributed by atoms with Gasteiger partial charge in [0.2, 0.25) is 10.0 Å². The van der Waals surface area contributed by atoms with E-state index in [-0.39, 0.29) is 29.2 Å². The van der Waals surface area contributed by atoms with Gasteiger partial charge in [0.05, 0.1) is 4.90 Å². The molecule has 7 heteroatoms. The van der Waals surface area contributed by atoms with E-state index in [0.29, 0.717) is 11.1 Å². The Labute approximate surface area is 165 Å². The van der Waals surface area contributed by atoms with Gasteiger partial charge >= 0.3 is 0 Å². The highest BCUT2D eigenvalue weighted by Gasteiger charge is 2.23. The molecule has 2 N–H and O–H groups in total. The number of sulfonamides is 1. The van der Waals surface area contributed by atoms with Crippen LogP contribution in [0.5, 0.6) is 0 Å². The first kappa shape index (κ1) is 20.5. The average Bonchev–Trinajstić information content (AvgIpc) is 2.68. The second-order valence-corrected chi connectivity index (χ2v) is 8.96. The molecule has 1 fully saturated rings. The van der Waals surface area contributed by atoms with Gasteiger partial charge in [-0.1, -0.05) is 37.5 Å². The summed E-state index contributed by atoms with van der Waals surface area (Å²) in [5, 5.41) is 2.76. The molecule has 0 unspecified atom stereocenters. The van der Waals surface area contributed by atoms with E-state index in [1.807, 2.05) is 0 Å². The van der Waals surface area contributed by atoms with Gasteiger partial charge in [0.1, 0.15) is 5.82 Å². The highest BCUT2D eigenvalue weighted by atomic mass is 32.2. The van der Waals surface area contributed by atoms with Crippen LogP contribution < -0.4 is 10.0 Å². The zero-order chi connectivity index (χ0) is 20.1. The Morgan fingerprint density at radius 3 is 2.43 bits per heavy atom. The number of nitrogens with one attached hydrogen (secondary N) is 2. The lowest BCUT2D eigenvalue weighted by Gasteiger charge is -2.22. The van der Waals surface area contributed by atoms with Gasteiger partial charge in [-0.25, -0.2) is 17.5 Å². The lowest BCUT2D eigenvalue weighted by atomic mass is 9.96. The highest BCUT2D eigenvalue weighted by molar-refractivity contribution is 7.89. The Kier molecular flexibility index (Phi) is 6.46. The van der Waals surface area contributed by atoms with Crippen LogP contribution in [0.25, 0.3) is 0 Å². The molecule has 1 aliphatic carbocycles. The monoisotopic (exact) mass is 404 g/mol. The van der Waals surface area contributed by atoms with Crippen molar-refractivity contribution in [1.82, 2.24) is 10.0 Å². The van der Waals surface area contributed by atoms with Crippen molar-refractivity contribution in [3.8, 4) is 0 Å². The van der Waals surface area contributed by atoms with Crippen LogP contribution >= 0.6 is 0 Å². The van der Waals surface area contributed by atoms with Gasteiger partial charge < -0.3 is 5.32 Å². The minimum atomic E-state index is -3.68. The van der Waals surface area contributed by atoms with Gasteiger partial charge in [-0.2, -0.15) is 0 Å². The molecule has 3 rings (SSSR count). The maximum Gasteiger partial charge on any atom is 0.251 e. The molecule has 0 radical (unpaired) electrons. The Morgan fingerprint density at radius 2 is 1.75 bits per heavy atom. The van der Waals surface area contributed by atoms with Crippen LogP contribution in [0.1, 0.15) is 53.6 Å². The van der Waals surface area contributed by atoms with Gasteiger partial charge in [0, 0.05) is 18.2 Å². The number of carbonyl (C=O) groups is 1. The van der Waals surface area contributed by atoms with Crippen molar-refractivity contribution in [2.24, 2.45) is 0 Å². The molecule has 0 bridgehead atoms. The fraction of sp³-hybridized carbons (Fsp3) is 0.381. The summed E-state index contributed by atoms with van der Waals surface area (Å²) in [5.41, 5.74) is 1.76. The van der Waals surface area contributed by atoms with Gasteiger partial charge in [-0.3, -0.25) is 4.79 Å². The standard InChI is InChI=1S/C21H25FN2O3S/c1-15-7-12-19(28(26,27)24-18-5-3-2-4-6-18)13-20(15)21(25)23-14-16-8-10-17(22)11-9-16/h7-13,18,24H,2-6,14H2,1H3,(H,23,25). The van der Waals surface area contributed by atoms with Crippen LogP contribution in [-0.4, -0.2) is 20.4 Å². The van der Waals surface area contributed by atoms with E-state index in [4.69, 9.17) is 0 Å². The number of halogens is 1. The molecule has 0 saturated heterocycles. The summed E-state index contributed by atoms with van der Waals surface area (Å²) in [6.45, 7) is 1.99. The second-order valence-electron chi connectivity index (χ2n) is 7.24. The second kappa shape index (κ2) is 8.84. The smallest absolute Gasteiger partial charge is 0.251 e. The average molecular weight is 405 g/mol. The summed E-state index contributed by atoms with van der Waals surface area (Å²) in [7, 11) is -3.68. The largest absolute Gasteiger partial charge is 0.348 e. The molecular weight excluding hydrogens is 379 g/mol. The molecule has 2 aromatic rings. The fourth-order valence-corrected chi connectivity index (χ4v) is 4.73. The van der Waals surface area contributed by atoms with E-state index in [9.17, 15) is 17.6 Å². The Balaban J connectivity index is 1.72. The summed E-state index contributed by atoms with van der Waals surface area (Å²) >= 11 is 0. The maximum absolute atomic E-state index is 13.0. The van der Waals surface area contributed by atoms with Gasteiger partial charge in [-0.15, -0.1) is 0 Å². The molecule has 0 spiro atoms. The topological polar surface area (TPSA) is 75.3 Å². The minimum absolute atomic E-state index is 0.0456. The molecule has 2 aromatic carbocycles. The predicted octanol–water partition coefficient (Wildman–Crippen LogP) is 3.68. The fourth-order valence-electron chi connectivity index (χ4n) is 3.40. The number of carbonyl (C=O) groups excluding carboxylic acids is 1. The summed E-state index contributed by atoms with van der Waals surface area (Å²) in [5.74, 6) is -0.703. The van der Waals surface area contributed by atoms with Crippen molar-refractivity contribution < 1.29 is 17.6 Å². The van der Waals surface area contributed by atoms with E-state index in [2.05, 4.69) is 10.0 Å². The molecule has 0 aromatic heterocycles. The predicted molar refractivity (Wildman–Crippen MR) is 106 cm³/mol. The number of hydrogen-bond donors (Lipinski definition) is 2. The molecule has 0 aliphatic heterocycles. The van der Waals surface area contributed by atoms with Crippen LogP contribution in [0.2, 0.25) is 0 Å². The maximum atomic E-state index is 13.0. The van der Waals surface area contributed by atoms with E-state index in [1.54, 1.807) is 25.1 Å². The van der Waals surface area contributed by atoms with E-state index in [1.165, 1.54) is 24.3 Å². The van der Waals surface area contributed by atoms with Crippen molar-refractivity contribution >= 4 is 15.9 Å². The Hall–Kier alpha value is -2.25. The van der Waals surface area contributed by atoms with E-state index in [0.717, 1.165) is 37.7 Å². The summed E-state index contributed by atoms with van der Waals surface area (Å²) in [4.78, 5) is 12.7. The van der Waals surface area contributed by atoms with Gasteiger partial charge in [-0.05, 0) is 55.2 Å². The van der Waals surface area contributed by atoms with Crippen LogP contribution in [0.15, 0.2) is 47.4 Å². The number of hydrogen-bond acceptors (Lipinski definition) is 3. The zero-order valence-corrected chi connectivity index (χ0v) is 16.7. The van der Waals surface area contributed by atoms with Crippen molar-refractivity contribution in [1.29, 1.82) is 0 Å². The third-order valence-electron chi connectivity index (χ3n) is 5.06. The summed E-state index contributed by atoms with van der Waals surface area (Å²) in [6, 6.07) is 10.4. The molecule has 5 nitrogen and oxygen atoms in total. The quantitative estimate of drug-likeness (QED) is 0.771. The van der Waals surface area contributed by atoms with E-state index < -0.39 is 10.0 Å². The SMILES string of the molecule is Cc1ccc(S(=O)(=O)NC2CCCCC2)cc1C(=O)NCc1ccc(F)cc1. The molecule has 1 amide bonds. The lowest BCUT2D eigenvalue weighted by molar-refractivity contribution is 0.0950. The van der Waals surface area contributed by atoms with Crippen molar-refractivity contribution in [3.63, 3.8) is 0 Å². The van der Waals surface area contributed by atoms with Crippen molar-refractivity contribution in [2.45, 2.75) is 56.5 Å². The molecule has 150 valence electrons. The minimum Gasteiger partial charge on any atom is -0.348 e. The number of rotatable bonds is 6.